The molecule has 0 aromatic heterocycles. The van der Waals surface area contributed by atoms with Crippen LogP contribution in [0.2, 0.25) is 0 Å². The molecule has 0 atom stereocenters. The average molecular weight is 265 g/mol. The van der Waals surface area contributed by atoms with Crippen LogP contribution in [0, 0.1) is 0 Å². The van der Waals surface area contributed by atoms with E-state index < -0.39 is 0 Å². The molecule has 0 unspecified atom stereocenters. The number of hydrogen-bond donors (Lipinski definition) is 4. The van der Waals surface area contributed by atoms with Gasteiger partial charge in [0.25, 0.3) is 0 Å². The van der Waals surface area contributed by atoms with Gasteiger partial charge in [0.1, 0.15) is 0 Å². The molecule has 0 aromatic carbocycles. The zero-order valence-electron chi connectivity index (χ0n) is 6.00. The monoisotopic (exact) mass is 264 g/mol. The van der Waals surface area contributed by atoms with E-state index in [4.69, 9.17) is 19.1 Å². The Morgan fingerprint density at radius 1 is 0.818 bits per heavy atom. The van der Waals surface area contributed by atoms with Crippen LogP contribution in [0.3, 0.4) is 0 Å². The van der Waals surface area contributed by atoms with E-state index in [2.05, 4.69) is 35.6 Å². The molecule has 0 radical (unpaired) electrons. The van der Waals surface area contributed by atoms with Crippen LogP contribution >= 0.6 is 35.6 Å². The molecule has 0 saturated heterocycles. The fourth-order valence-corrected chi connectivity index (χ4v) is 0. The standard InChI is InChI=1S/C3H8O.3ClHO.Ti/c1-3(2)4;3*1-2;/h3-4H,1-2H3;3*2H;. The van der Waals surface area contributed by atoms with Gasteiger partial charge in [0, 0.05) is 27.8 Å². The predicted octanol–water partition coefficient (Wildman–Crippen LogP) is 0.782. The van der Waals surface area contributed by atoms with Crippen LogP contribution in [0.4, 0.5) is 0 Å². The van der Waals surface area contributed by atoms with E-state index in [0.717, 1.165) is 0 Å². The van der Waals surface area contributed by atoms with Gasteiger partial charge in [0.05, 0.1) is 35.6 Å². The molecule has 0 fully saturated rings. The molecule has 0 aliphatic carbocycles. The molecule has 11 heavy (non-hydrogen) atoms. The fourth-order valence-electron chi connectivity index (χ4n) is 0. The Labute approximate surface area is 96.1 Å². The van der Waals surface area contributed by atoms with E-state index in [-0.39, 0.29) is 27.8 Å². The van der Waals surface area contributed by atoms with Crippen molar-refractivity contribution in [3.05, 3.63) is 0 Å². The van der Waals surface area contributed by atoms with Crippen LogP contribution in [-0.2, 0) is 21.7 Å². The third-order valence-electron chi connectivity index (χ3n) is 0. The van der Waals surface area contributed by atoms with E-state index >= 15 is 0 Å². The second-order valence-electron chi connectivity index (χ2n) is 1.09. The van der Waals surface area contributed by atoms with Crippen LogP contribution < -0.4 is 0 Å². The SMILES string of the molecule is CC(C)O.OCl.OCl.OCl.[Ti]. The first-order valence-electron chi connectivity index (χ1n) is 1.92. The summed E-state index contributed by atoms with van der Waals surface area (Å²) in [6.45, 7) is 3.44. The predicted molar refractivity (Wildman–Crippen MR) is 41.6 cm³/mol. The van der Waals surface area contributed by atoms with Gasteiger partial charge in [-0.1, -0.05) is 0 Å². The summed E-state index contributed by atoms with van der Waals surface area (Å²) in [7, 11) is 0. The Morgan fingerprint density at radius 2 is 0.818 bits per heavy atom. The molecule has 4 N–H and O–H groups in total. The molecule has 0 aliphatic heterocycles. The maximum absolute atomic E-state index is 8.06. The molecule has 0 heterocycles. The van der Waals surface area contributed by atoms with Gasteiger partial charge in [0.15, 0.2) is 0 Å². The first-order chi connectivity index (χ1) is 4.73. The first-order valence-corrected chi connectivity index (χ1v) is 2.93. The third-order valence-corrected chi connectivity index (χ3v) is 0. The molecular weight excluding hydrogens is 254 g/mol. The van der Waals surface area contributed by atoms with Crippen molar-refractivity contribution in [1.82, 2.24) is 0 Å². The minimum atomic E-state index is -0.167. The van der Waals surface area contributed by atoms with E-state index in [1.165, 1.54) is 0 Å². The Hall–Kier alpha value is 1.42. The van der Waals surface area contributed by atoms with Crippen molar-refractivity contribution in [2.75, 3.05) is 0 Å². The van der Waals surface area contributed by atoms with E-state index in [1.54, 1.807) is 13.8 Å². The molecule has 0 aromatic rings. The van der Waals surface area contributed by atoms with Crippen LogP contribution in [0.5, 0.6) is 0 Å². The molecule has 0 spiro atoms. The number of rotatable bonds is 0. The first kappa shape index (κ1) is 29.4. The summed E-state index contributed by atoms with van der Waals surface area (Å²) in [5.41, 5.74) is 0. The largest absolute Gasteiger partial charge is 0.394 e. The second-order valence-corrected chi connectivity index (χ2v) is 1.09. The number of hydrogen-bond acceptors (Lipinski definition) is 4. The molecule has 8 heteroatoms. The third kappa shape index (κ3) is 500. The summed E-state index contributed by atoms with van der Waals surface area (Å²) in [6, 6.07) is 0. The van der Waals surface area contributed by atoms with Crippen molar-refractivity contribution < 1.29 is 40.8 Å². The molecule has 0 rings (SSSR count). The molecule has 0 saturated carbocycles. The van der Waals surface area contributed by atoms with Crippen molar-refractivity contribution in [3.63, 3.8) is 0 Å². The maximum Gasteiger partial charge on any atom is 0.0579 e. The van der Waals surface area contributed by atoms with Gasteiger partial charge in [-0.15, -0.1) is 0 Å². The van der Waals surface area contributed by atoms with Crippen LogP contribution in [0.15, 0.2) is 0 Å². The summed E-state index contributed by atoms with van der Waals surface area (Å²) >= 11 is 10.9. The van der Waals surface area contributed by atoms with Crippen molar-refractivity contribution in [3.8, 4) is 0 Å². The van der Waals surface area contributed by atoms with Crippen molar-refractivity contribution in [2.24, 2.45) is 0 Å². The minimum absolute atomic E-state index is 0. The van der Waals surface area contributed by atoms with Crippen LogP contribution in [0.1, 0.15) is 13.8 Å². The Balaban J connectivity index is -0.0000000152. The van der Waals surface area contributed by atoms with E-state index in [9.17, 15) is 0 Å². The fraction of sp³-hybridized carbons (Fsp3) is 1.00. The van der Waals surface area contributed by atoms with Crippen LogP contribution in [-0.4, -0.2) is 25.2 Å². The number of aliphatic hydroxyl groups is 1. The van der Waals surface area contributed by atoms with Gasteiger partial charge in [0.2, 0.25) is 0 Å². The summed E-state index contributed by atoms with van der Waals surface area (Å²) in [4.78, 5) is 0. The summed E-state index contributed by atoms with van der Waals surface area (Å²) < 4.78 is 19.4. The molecule has 0 aliphatic rings. The Morgan fingerprint density at radius 3 is 0.818 bits per heavy atom. The smallest absolute Gasteiger partial charge is 0.0579 e. The Kier molecular flexibility index (Phi) is 170. The molecule has 0 bridgehead atoms. The normalized spacial score (nSPS) is 4.91. The van der Waals surface area contributed by atoms with Crippen molar-refractivity contribution >= 4 is 35.6 Å². The summed E-state index contributed by atoms with van der Waals surface area (Å²) in [5.74, 6) is 0. The molecule has 4 nitrogen and oxygen atoms in total. The summed E-state index contributed by atoms with van der Waals surface area (Å²) in [6.07, 6.45) is -0.167. The van der Waals surface area contributed by atoms with Crippen molar-refractivity contribution in [1.29, 1.82) is 0 Å². The maximum atomic E-state index is 8.06. The van der Waals surface area contributed by atoms with Gasteiger partial charge >= 0.3 is 0 Å². The number of aliphatic hydroxyl groups excluding tert-OH is 1. The molecular formula is C3H11Cl3O4Ti. The van der Waals surface area contributed by atoms with Crippen LogP contribution in [0.25, 0.3) is 0 Å². The van der Waals surface area contributed by atoms with E-state index in [0.29, 0.717) is 0 Å². The van der Waals surface area contributed by atoms with Gasteiger partial charge in [-0.05, 0) is 13.8 Å². The Bertz CT molecular complexity index is 25.3. The quantitative estimate of drug-likeness (QED) is 0.488. The van der Waals surface area contributed by atoms with Crippen molar-refractivity contribution in [2.45, 2.75) is 20.0 Å². The molecule has 72 valence electrons. The zero-order valence-corrected chi connectivity index (χ0v) is 9.83. The molecule has 0 amide bonds. The van der Waals surface area contributed by atoms with Gasteiger partial charge in [-0.25, -0.2) is 0 Å². The number of halogens is 3. The van der Waals surface area contributed by atoms with Gasteiger partial charge < -0.3 is 5.11 Å². The topological polar surface area (TPSA) is 80.9 Å². The van der Waals surface area contributed by atoms with Gasteiger partial charge in [-0.3, -0.25) is 14.0 Å². The minimum Gasteiger partial charge on any atom is -0.394 e. The van der Waals surface area contributed by atoms with E-state index in [1.807, 2.05) is 0 Å². The van der Waals surface area contributed by atoms with Gasteiger partial charge in [-0.2, -0.15) is 0 Å². The average Bonchev–Trinajstić information content (AvgIpc) is 1.98. The second kappa shape index (κ2) is 63.4. The zero-order chi connectivity index (χ0) is 9.58. The summed E-state index contributed by atoms with van der Waals surface area (Å²) in [5, 5.41) is 8.06.